The minimum absolute atomic E-state index is 0.138. The molecule has 11 heteroatoms. The molecule has 2 fully saturated rings. The molecule has 1 spiro atoms. The van der Waals surface area contributed by atoms with Gasteiger partial charge in [0.25, 0.3) is 0 Å². The van der Waals surface area contributed by atoms with Crippen LogP contribution in [0.15, 0.2) is 22.2 Å². The molecule has 8 nitrogen and oxygen atoms in total. The minimum atomic E-state index is -0.138. The van der Waals surface area contributed by atoms with Gasteiger partial charge in [0.1, 0.15) is 16.7 Å². The highest BCUT2D eigenvalue weighted by Gasteiger charge is 2.41. The molecule has 1 saturated carbocycles. The number of anilines is 3. The van der Waals surface area contributed by atoms with Crippen LogP contribution >= 0.6 is 35.0 Å². The molecule has 1 atom stereocenters. The predicted molar refractivity (Wildman–Crippen MR) is 120 cm³/mol. The summed E-state index contributed by atoms with van der Waals surface area (Å²) >= 11 is 13.4. The smallest absolute Gasteiger partial charge is 0.158 e. The molecule has 2 aromatic rings. The van der Waals surface area contributed by atoms with Gasteiger partial charge in [-0.3, -0.25) is 0 Å². The van der Waals surface area contributed by atoms with Crippen LogP contribution in [0, 0.1) is 17.2 Å². The van der Waals surface area contributed by atoms with E-state index in [1.165, 1.54) is 11.8 Å². The van der Waals surface area contributed by atoms with Crippen molar-refractivity contribution in [2.45, 2.75) is 48.1 Å². The van der Waals surface area contributed by atoms with E-state index in [9.17, 15) is 5.11 Å². The Bertz CT molecular complexity index is 935. The maximum atomic E-state index is 9.89. The first-order valence-electron chi connectivity index (χ1n) is 9.46. The molecule has 30 heavy (non-hydrogen) atoms. The Morgan fingerprint density at radius 2 is 1.90 bits per heavy atom. The van der Waals surface area contributed by atoms with Crippen LogP contribution in [0.2, 0.25) is 10.2 Å². The summed E-state index contributed by atoms with van der Waals surface area (Å²) in [6, 6.07) is 1.63. The quantitative estimate of drug-likeness (QED) is 0.575. The van der Waals surface area contributed by atoms with E-state index in [1.54, 1.807) is 12.3 Å². The number of nitrogen functional groups attached to an aromatic ring is 2. The summed E-state index contributed by atoms with van der Waals surface area (Å²) in [5, 5.41) is 17.4. The monoisotopic (exact) mass is 467 g/mol. The van der Waals surface area contributed by atoms with Crippen LogP contribution in [-0.2, 0) is 0 Å². The SMILES string of the molecule is C#N.Nc1cc(Sc2ncc(N3CCC4(CC[C@@H](O)C4)CC3)nc2N)c(Cl)c(Cl)n1. The van der Waals surface area contributed by atoms with Crippen molar-refractivity contribution < 1.29 is 5.11 Å². The summed E-state index contributed by atoms with van der Waals surface area (Å²) in [4.78, 5) is 15.8. The molecule has 2 aromatic heterocycles. The third-order valence-electron chi connectivity index (χ3n) is 5.69. The Balaban J connectivity index is 0.00000124. The fraction of sp³-hybridized carbons (Fsp3) is 0.474. The third-order valence-corrected chi connectivity index (χ3v) is 7.60. The van der Waals surface area contributed by atoms with Gasteiger partial charge in [-0.2, -0.15) is 0 Å². The van der Waals surface area contributed by atoms with Gasteiger partial charge in [0.15, 0.2) is 11.0 Å². The summed E-state index contributed by atoms with van der Waals surface area (Å²) < 4.78 is 0. The average molecular weight is 468 g/mol. The van der Waals surface area contributed by atoms with Crippen molar-refractivity contribution in [3.05, 3.63) is 22.4 Å². The second kappa shape index (κ2) is 9.43. The lowest BCUT2D eigenvalue weighted by molar-refractivity contribution is 0.144. The number of nitrogens with zero attached hydrogens (tertiary/aromatic N) is 5. The normalized spacial score (nSPS) is 20.0. The highest BCUT2D eigenvalue weighted by Crippen LogP contribution is 2.47. The van der Waals surface area contributed by atoms with E-state index in [1.807, 2.05) is 0 Å². The highest BCUT2D eigenvalue weighted by molar-refractivity contribution is 7.99. The minimum Gasteiger partial charge on any atom is -0.393 e. The number of rotatable bonds is 3. The van der Waals surface area contributed by atoms with Crippen molar-refractivity contribution in [2.75, 3.05) is 29.5 Å². The summed E-state index contributed by atoms with van der Waals surface area (Å²) in [5.74, 6) is 1.38. The molecule has 0 amide bonds. The van der Waals surface area contributed by atoms with Gasteiger partial charge >= 0.3 is 0 Å². The highest BCUT2D eigenvalue weighted by atomic mass is 35.5. The number of aliphatic hydroxyl groups excluding tert-OH is 1. The van der Waals surface area contributed by atoms with Gasteiger partial charge in [-0.1, -0.05) is 35.0 Å². The fourth-order valence-electron chi connectivity index (χ4n) is 4.13. The first kappa shape index (κ1) is 22.7. The van der Waals surface area contributed by atoms with E-state index >= 15 is 0 Å². The lowest BCUT2D eigenvalue weighted by atomic mass is 9.77. The molecule has 0 radical (unpaired) electrons. The second-order valence-electron chi connectivity index (χ2n) is 7.55. The Kier molecular flexibility index (Phi) is 7.14. The molecule has 4 rings (SSSR count). The van der Waals surface area contributed by atoms with Gasteiger partial charge < -0.3 is 21.5 Å². The van der Waals surface area contributed by atoms with Crippen molar-refractivity contribution >= 4 is 52.4 Å². The molecule has 2 aliphatic rings. The van der Waals surface area contributed by atoms with Gasteiger partial charge in [-0.15, -0.1) is 0 Å². The van der Waals surface area contributed by atoms with Crippen molar-refractivity contribution in [2.24, 2.45) is 5.41 Å². The van der Waals surface area contributed by atoms with Crippen LogP contribution in [0.1, 0.15) is 32.1 Å². The topological polar surface area (TPSA) is 138 Å². The van der Waals surface area contributed by atoms with Crippen LogP contribution in [0.4, 0.5) is 17.5 Å². The van der Waals surface area contributed by atoms with E-state index in [0.29, 0.717) is 26.2 Å². The van der Waals surface area contributed by atoms with Crippen LogP contribution in [0.5, 0.6) is 0 Å². The molecule has 1 saturated heterocycles. The number of hydrogen-bond donors (Lipinski definition) is 3. The van der Waals surface area contributed by atoms with Crippen LogP contribution < -0.4 is 16.4 Å². The molecule has 1 aliphatic carbocycles. The molecule has 5 N–H and O–H groups in total. The van der Waals surface area contributed by atoms with Crippen LogP contribution in [0.25, 0.3) is 0 Å². The summed E-state index contributed by atoms with van der Waals surface area (Å²) in [6.07, 6.45) is 6.68. The Morgan fingerprint density at radius 1 is 1.20 bits per heavy atom. The van der Waals surface area contributed by atoms with Crippen LogP contribution in [-0.4, -0.2) is 39.3 Å². The number of nitriles is 1. The number of pyridine rings is 1. The fourth-order valence-corrected chi connectivity index (χ4v) is 5.42. The number of aromatic nitrogens is 3. The van der Waals surface area contributed by atoms with E-state index in [0.717, 1.165) is 51.0 Å². The van der Waals surface area contributed by atoms with Gasteiger partial charge in [0, 0.05) is 24.6 Å². The number of aliphatic hydroxyl groups is 1. The maximum absolute atomic E-state index is 9.89. The number of piperidine rings is 1. The van der Waals surface area contributed by atoms with Gasteiger partial charge in [0.05, 0.1) is 17.3 Å². The number of nitrogens with two attached hydrogens (primary N) is 2. The zero-order valence-electron chi connectivity index (χ0n) is 16.3. The molecule has 0 aromatic carbocycles. The van der Waals surface area contributed by atoms with E-state index < -0.39 is 0 Å². The van der Waals surface area contributed by atoms with Crippen molar-refractivity contribution in [1.29, 1.82) is 5.26 Å². The van der Waals surface area contributed by atoms with Crippen molar-refractivity contribution in [1.82, 2.24) is 15.0 Å². The second-order valence-corrected chi connectivity index (χ2v) is 9.32. The average Bonchev–Trinajstić information content (AvgIpc) is 3.09. The zero-order chi connectivity index (χ0) is 21.9. The zero-order valence-corrected chi connectivity index (χ0v) is 18.6. The van der Waals surface area contributed by atoms with E-state index in [4.69, 9.17) is 39.9 Å². The first-order chi connectivity index (χ1) is 14.3. The van der Waals surface area contributed by atoms with Crippen molar-refractivity contribution in [3.8, 4) is 6.57 Å². The van der Waals surface area contributed by atoms with E-state index in [-0.39, 0.29) is 17.1 Å². The van der Waals surface area contributed by atoms with Crippen molar-refractivity contribution in [3.63, 3.8) is 0 Å². The standard InChI is InChI=1S/C18H22Cl2N6OS.CHN/c19-14-11(7-12(21)24-15(14)20)28-17-16(22)25-13(9-23-17)26-5-3-18(4-6-26)2-1-10(27)8-18;1-2/h7,9-10,27H,1-6,8H2,(H2,21,24)(H2,22,25);1H/t10-;/m1./s1. The number of hydrogen-bond acceptors (Lipinski definition) is 9. The lowest BCUT2D eigenvalue weighted by Gasteiger charge is -2.39. The number of halogens is 2. The summed E-state index contributed by atoms with van der Waals surface area (Å²) in [6.45, 7) is 5.30. The Hall–Kier alpha value is -1.99. The Labute approximate surface area is 189 Å². The van der Waals surface area contributed by atoms with Gasteiger partial charge in [-0.05, 0) is 43.6 Å². The maximum Gasteiger partial charge on any atom is 0.158 e. The Morgan fingerprint density at radius 3 is 2.50 bits per heavy atom. The van der Waals surface area contributed by atoms with Gasteiger partial charge in [-0.25, -0.2) is 20.2 Å². The van der Waals surface area contributed by atoms with Gasteiger partial charge in [0.2, 0.25) is 0 Å². The first-order valence-corrected chi connectivity index (χ1v) is 11.0. The lowest BCUT2D eigenvalue weighted by Crippen LogP contribution is -2.39. The molecule has 1 aliphatic heterocycles. The molecule has 3 heterocycles. The molecule has 0 unspecified atom stereocenters. The molecule has 0 bridgehead atoms. The van der Waals surface area contributed by atoms with Crippen LogP contribution in [0.3, 0.4) is 0 Å². The summed E-state index contributed by atoms with van der Waals surface area (Å²) in [7, 11) is 0. The largest absolute Gasteiger partial charge is 0.393 e. The summed E-state index contributed by atoms with van der Waals surface area (Å²) in [5.41, 5.74) is 12.2. The molecular weight excluding hydrogens is 445 g/mol. The molecule has 160 valence electrons. The predicted octanol–water partition coefficient (Wildman–Crippen LogP) is 3.77. The molecular formula is C19H23Cl2N7OS. The third kappa shape index (κ3) is 4.83. The van der Waals surface area contributed by atoms with E-state index in [2.05, 4.69) is 26.4 Å².